The highest BCUT2D eigenvalue weighted by molar-refractivity contribution is 9.10. The second kappa shape index (κ2) is 5.01. The van der Waals surface area contributed by atoms with Crippen molar-refractivity contribution in [2.24, 2.45) is 0 Å². The van der Waals surface area contributed by atoms with Crippen LogP contribution in [0.2, 0.25) is 0 Å². The third-order valence-corrected chi connectivity index (χ3v) is 2.37. The van der Waals surface area contributed by atoms with Gasteiger partial charge in [-0.25, -0.2) is 14.4 Å². The molecule has 0 spiro atoms. The van der Waals surface area contributed by atoms with E-state index in [1.807, 2.05) is 0 Å². The van der Waals surface area contributed by atoms with Crippen molar-refractivity contribution in [2.45, 2.75) is 0 Å². The Morgan fingerprint density at radius 2 is 2.00 bits per heavy atom. The van der Waals surface area contributed by atoms with E-state index in [-0.39, 0.29) is 11.8 Å². The molecule has 86 valence electrons. The van der Waals surface area contributed by atoms with Crippen LogP contribution in [0.4, 0.5) is 4.39 Å². The van der Waals surface area contributed by atoms with Gasteiger partial charge in [0.15, 0.2) is 17.9 Å². The normalized spacial score (nSPS) is 10.0. The first-order chi connectivity index (χ1) is 8.19. The fourth-order valence-corrected chi connectivity index (χ4v) is 1.43. The quantitative estimate of drug-likeness (QED) is 0.817. The Balaban J connectivity index is 2.22. The third kappa shape index (κ3) is 2.85. The molecule has 0 fully saturated rings. The van der Waals surface area contributed by atoms with Gasteiger partial charge in [0.2, 0.25) is 0 Å². The minimum Gasteiger partial charge on any atom is -0.421 e. The van der Waals surface area contributed by atoms with Gasteiger partial charge in [0.1, 0.15) is 0 Å². The molecule has 4 nitrogen and oxygen atoms in total. The van der Waals surface area contributed by atoms with Crippen LogP contribution in [0.1, 0.15) is 10.4 Å². The Morgan fingerprint density at radius 3 is 2.59 bits per heavy atom. The average molecular weight is 297 g/mol. The zero-order valence-electron chi connectivity index (χ0n) is 8.43. The van der Waals surface area contributed by atoms with Crippen LogP contribution in [0.25, 0.3) is 0 Å². The van der Waals surface area contributed by atoms with Crippen molar-refractivity contribution < 1.29 is 13.9 Å². The molecule has 0 aliphatic carbocycles. The number of aldehydes is 1. The number of hydrogen-bond donors (Lipinski definition) is 0. The predicted molar refractivity (Wildman–Crippen MR) is 61.6 cm³/mol. The third-order valence-electron chi connectivity index (χ3n) is 1.88. The standard InChI is InChI=1S/C11H6BrFN2O2/c12-8-1-2-10(9(13)3-8)17-11-14-4-7(6-16)5-15-11/h1-6H. The summed E-state index contributed by atoms with van der Waals surface area (Å²) in [7, 11) is 0. The lowest BCUT2D eigenvalue weighted by molar-refractivity contribution is 0.112. The van der Waals surface area contributed by atoms with E-state index in [9.17, 15) is 9.18 Å². The summed E-state index contributed by atoms with van der Waals surface area (Å²) in [6.07, 6.45) is 3.21. The number of aromatic nitrogens is 2. The number of carbonyl (C=O) groups is 1. The van der Waals surface area contributed by atoms with Crippen molar-refractivity contribution in [2.75, 3.05) is 0 Å². The van der Waals surface area contributed by atoms with Crippen LogP contribution in [-0.4, -0.2) is 16.3 Å². The van der Waals surface area contributed by atoms with Crippen LogP contribution >= 0.6 is 15.9 Å². The summed E-state index contributed by atoms with van der Waals surface area (Å²) in [5.74, 6) is -0.505. The molecule has 0 saturated carbocycles. The molecule has 2 aromatic rings. The Bertz CT molecular complexity index is 546. The maximum Gasteiger partial charge on any atom is 0.322 e. The molecule has 0 bridgehead atoms. The lowest BCUT2D eigenvalue weighted by Crippen LogP contribution is -1.94. The highest BCUT2D eigenvalue weighted by Gasteiger charge is 2.06. The summed E-state index contributed by atoms with van der Waals surface area (Å²) >= 11 is 3.13. The molecule has 0 aliphatic rings. The Hall–Kier alpha value is -1.82. The van der Waals surface area contributed by atoms with E-state index in [2.05, 4.69) is 25.9 Å². The molecular formula is C11H6BrFN2O2. The second-order valence-electron chi connectivity index (χ2n) is 3.09. The molecule has 1 heterocycles. The number of benzene rings is 1. The van der Waals surface area contributed by atoms with Crippen LogP contribution in [0.3, 0.4) is 0 Å². The number of hydrogen-bond acceptors (Lipinski definition) is 4. The molecule has 1 aromatic carbocycles. The monoisotopic (exact) mass is 296 g/mol. The lowest BCUT2D eigenvalue weighted by Gasteiger charge is -2.04. The van der Waals surface area contributed by atoms with E-state index in [1.165, 1.54) is 24.5 Å². The number of carbonyl (C=O) groups excluding carboxylic acids is 1. The van der Waals surface area contributed by atoms with Gasteiger partial charge in [-0.1, -0.05) is 15.9 Å². The smallest absolute Gasteiger partial charge is 0.322 e. The van der Waals surface area contributed by atoms with Crippen molar-refractivity contribution in [1.29, 1.82) is 0 Å². The molecule has 0 aliphatic heterocycles. The minimum absolute atomic E-state index is 0.0168. The number of rotatable bonds is 3. The second-order valence-corrected chi connectivity index (χ2v) is 4.01. The number of halogens is 2. The van der Waals surface area contributed by atoms with Crippen molar-refractivity contribution in [3.63, 3.8) is 0 Å². The first-order valence-electron chi connectivity index (χ1n) is 4.59. The van der Waals surface area contributed by atoms with Crippen LogP contribution in [-0.2, 0) is 0 Å². The van der Waals surface area contributed by atoms with E-state index in [0.29, 0.717) is 16.3 Å². The number of nitrogens with zero attached hydrogens (tertiary/aromatic N) is 2. The predicted octanol–water partition coefficient (Wildman–Crippen LogP) is 2.98. The topological polar surface area (TPSA) is 52.1 Å². The summed E-state index contributed by atoms with van der Waals surface area (Å²) in [4.78, 5) is 17.9. The Morgan fingerprint density at radius 1 is 1.29 bits per heavy atom. The van der Waals surface area contributed by atoms with Gasteiger partial charge in [-0.2, -0.15) is 0 Å². The van der Waals surface area contributed by atoms with Crippen LogP contribution < -0.4 is 4.74 Å². The van der Waals surface area contributed by atoms with Gasteiger partial charge in [-0.05, 0) is 18.2 Å². The van der Waals surface area contributed by atoms with Gasteiger partial charge in [0.25, 0.3) is 0 Å². The van der Waals surface area contributed by atoms with Crippen LogP contribution in [0, 0.1) is 5.82 Å². The first kappa shape index (κ1) is 11.7. The Kier molecular flexibility index (Phi) is 3.43. The van der Waals surface area contributed by atoms with Crippen LogP contribution in [0.15, 0.2) is 35.1 Å². The van der Waals surface area contributed by atoms with E-state index in [1.54, 1.807) is 6.07 Å². The van der Waals surface area contributed by atoms with E-state index >= 15 is 0 Å². The molecule has 0 radical (unpaired) electrons. The lowest BCUT2D eigenvalue weighted by atomic mass is 10.3. The molecular weight excluding hydrogens is 291 g/mol. The largest absolute Gasteiger partial charge is 0.421 e. The molecule has 0 unspecified atom stereocenters. The maximum atomic E-state index is 13.4. The van der Waals surface area contributed by atoms with Gasteiger partial charge in [-0.15, -0.1) is 0 Å². The van der Waals surface area contributed by atoms with E-state index in [4.69, 9.17) is 4.74 Å². The summed E-state index contributed by atoms with van der Waals surface area (Å²) in [6.45, 7) is 0. The Labute approximate surface area is 105 Å². The summed E-state index contributed by atoms with van der Waals surface area (Å²) in [6, 6.07) is 4.35. The first-order valence-corrected chi connectivity index (χ1v) is 5.38. The van der Waals surface area contributed by atoms with Gasteiger partial charge in [0.05, 0.1) is 5.56 Å². The average Bonchev–Trinajstić information content (AvgIpc) is 2.34. The molecule has 6 heteroatoms. The summed E-state index contributed by atoms with van der Waals surface area (Å²) < 4.78 is 19.2. The maximum absolute atomic E-state index is 13.4. The molecule has 0 atom stereocenters. The van der Waals surface area contributed by atoms with E-state index < -0.39 is 5.82 Å². The molecule has 0 amide bonds. The van der Waals surface area contributed by atoms with Gasteiger partial charge < -0.3 is 4.74 Å². The molecule has 2 rings (SSSR count). The van der Waals surface area contributed by atoms with Crippen molar-refractivity contribution >= 4 is 22.2 Å². The zero-order chi connectivity index (χ0) is 12.3. The molecule has 17 heavy (non-hydrogen) atoms. The highest BCUT2D eigenvalue weighted by atomic mass is 79.9. The zero-order valence-corrected chi connectivity index (χ0v) is 10.0. The fourth-order valence-electron chi connectivity index (χ4n) is 1.10. The van der Waals surface area contributed by atoms with Gasteiger partial charge >= 0.3 is 6.01 Å². The van der Waals surface area contributed by atoms with Crippen molar-refractivity contribution in [3.8, 4) is 11.8 Å². The van der Waals surface area contributed by atoms with Crippen molar-refractivity contribution in [3.05, 3.63) is 46.4 Å². The fraction of sp³-hybridized carbons (Fsp3) is 0. The van der Waals surface area contributed by atoms with E-state index in [0.717, 1.165) is 0 Å². The number of ether oxygens (including phenoxy) is 1. The molecule has 0 saturated heterocycles. The molecule has 0 N–H and O–H groups in total. The minimum atomic E-state index is -0.526. The summed E-state index contributed by atoms with van der Waals surface area (Å²) in [5.41, 5.74) is 0.327. The molecule has 1 aromatic heterocycles. The highest BCUT2D eigenvalue weighted by Crippen LogP contribution is 2.24. The van der Waals surface area contributed by atoms with Gasteiger partial charge in [0, 0.05) is 16.9 Å². The summed E-state index contributed by atoms with van der Waals surface area (Å²) in [5, 5.41) is 0. The van der Waals surface area contributed by atoms with Crippen molar-refractivity contribution in [1.82, 2.24) is 9.97 Å². The van der Waals surface area contributed by atoms with Gasteiger partial charge in [-0.3, -0.25) is 4.79 Å². The van der Waals surface area contributed by atoms with Crippen LogP contribution in [0.5, 0.6) is 11.8 Å². The SMILES string of the molecule is O=Cc1cnc(Oc2ccc(Br)cc2F)nc1.